The lowest BCUT2D eigenvalue weighted by atomic mass is 9.92. The van der Waals surface area contributed by atoms with E-state index in [1.807, 2.05) is 25.1 Å². The molecule has 3 aromatic rings. The summed E-state index contributed by atoms with van der Waals surface area (Å²) in [5.74, 6) is -0.695. The van der Waals surface area contributed by atoms with Crippen LogP contribution in [0.15, 0.2) is 36.5 Å². The van der Waals surface area contributed by atoms with Crippen molar-refractivity contribution >= 4 is 28.9 Å². The molecule has 1 aliphatic rings. The maximum atomic E-state index is 12.0. The quantitative estimate of drug-likeness (QED) is 0.554. The van der Waals surface area contributed by atoms with Gasteiger partial charge in [0.05, 0.1) is 22.8 Å². The van der Waals surface area contributed by atoms with Gasteiger partial charge in [-0.1, -0.05) is 17.7 Å². The fourth-order valence-electron chi connectivity index (χ4n) is 3.29. The van der Waals surface area contributed by atoms with Crippen LogP contribution in [0.5, 0.6) is 0 Å². The number of hydrogen-bond donors (Lipinski definition) is 4. The minimum atomic E-state index is -0.695. The van der Waals surface area contributed by atoms with Gasteiger partial charge < -0.3 is 16.9 Å². The number of anilines is 2. The van der Waals surface area contributed by atoms with Gasteiger partial charge in [0.15, 0.2) is 5.69 Å². The molecular formula is C19H17ClN6O. The van der Waals surface area contributed by atoms with Gasteiger partial charge in [-0.2, -0.15) is 0 Å². The molecular weight excluding hydrogens is 364 g/mol. The van der Waals surface area contributed by atoms with Crippen molar-refractivity contribution in [1.82, 2.24) is 15.4 Å². The zero-order chi connectivity index (χ0) is 19.1. The Morgan fingerprint density at radius 1 is 1.22 bits per heavy atom. The van der Waals surface area contributed by atoms with E-state index in [-0.39, 0.29) is 11.4 Å². The molecule has 0 fully saturated rings. The minimum absolute atomic E-state index is 0.0141. The van der Waals surface area contributed by atoms with Crippen LogP contribution in [0, 0.1) is 6.92 Å². The highest BCUT2D eigenvalue weighted by atomic mass is 35.5. The van der Waals surface area contributed by atoms with E-state index in [4.69, 9.17) is 23.1 Å². The molecule has 0 aliphatic carbocycles. The third-order valence-corrected chi connectivity index (χ3v) is 4.79. The van der Waals surface area contributed by atoms with Crippen LogP contribution in [0.1, 0.15) is 21.6 Å². The lowest BCUT2D eigenvalue weighted by molar-refractivity contribution is 0.0996. The lowest BCUT2D eigenvalue weighted by Crippen LogP contribution is -2.17. The van der Waals surface area contributed by atoms with Crippen LogP contribution in [0.25, 0.3) is 22.5 Å². The van der Waals surface area contributed by atoms with Gasteiger partial charge in [0, 0.05) is 28.9 Å². The second-order valence-electron chi connectivity index (χ2n) is 6.30. The number of pyridine rings is 2. The number of aromatic nitrogens is 2. The van der Waals surface area contributed by atoms with Crippen molar-refractivity contribution in [3.8, 4) is 22.5 Å². The topological polar surface area (TPSA) is 119 Å². The van der Waals surface area contributed by atoms with E-state index in [0.717, 1.165) is 22.4 Å². The zero-order valence-corrected chi connectivity index (χ0v) is 15.3. The molecule has 7 nitrogen and oxygen atoms in total. The van der Waals surface area contributed by atoms with Crippen molar-refractivity contribution in [1.29, 1.82) is 0 Å². The van der Waals surface area contributed by atoms with E-state index in [0.29, 0.717) is 28.5 Å². The number of amides is 1. The second kappa shape index (κ2) is 6.53. The molecule has 136 valence electrons. The van der Waals surface area contributed by atoms with Crippen LogP contribution in [0.3, 0.4) is 0 Å². The molecule has 3 heterocycles. The van der Waals surface area contributed by atoms with Crippen molar-refractivity contribution in [2.24, 2.45) is 5.73 Å². The van der Waals surface area contributed by atoms with Crippen LogP contribution < -0.4 is 22.3 Å². The number of carbonyl (C=O) groups excluding carboxylic acids is 1. The second-order valence-corrected chi connectivity index (χ2v) is 6.74. The molecule has 1 aliphatic heterocycles. The predicted octanol–water partition coefficient (Wildman–Crippen LogP) is 2.88. The summed E-state index contributed by atoms with van der Waals surface area (Å²) in [6.45, 7) is 2.62. The van der Waals surface area contributed by atoms with Crippen LogP contribution >= 0.6 is 11.6 Å². The number of hydrogen-bond acceptors (Lipinski definition) is 6. The van der Waals surface area contributed by atoms with E-state index in [9.17, 15) is 4.79 Å². The average Bonchev–Trinajstić information content (AvgIpc) is 3.11. The standard InChI is InChI=1S/C19H17ClN6O/c1-9-2-3-13-12(8-24-26-13)16(9)11-7-15(14-6-10(20)4-5-23-14)25-18(17(11)21)19(22)27/h2-7,24,26H,8,21H2,1H3,(H2,22,27). The first kappa shape index (κ1) is 17.3. The summed E-state index contributed by atoms with van der Waals surface area (Å²) in [6, 6.07) is 9.17. The fraction of sp³-hybridized carbons (Fsp3) is 0.105. The SMILES string of the molecule is Cc1ccc2c(c1-c1cc(-c3cc(Cl)ccn3)nc(C(N)=O)c1N)CNN2. The third kappa shape index (κ3) is 2.97. The summed E-state index contributed by atoms with van der Waals surface area (Å²) >= 11 is 6.09. The highest BCUT2D eigenvalue weighted by molar-refractivity contribution is 6.30. The summed E-state index contributed by atoms with van der Waals surface area (Å²) in [5.41, 5.74) is 24.0. The Hall–Kier alpha value is -3.16. The van der Waals surface area contributed by atoms with Crippen molar-refractivity contribution in [2.45, 2.75) is 13.5 Å². The number of nitrogens with two attached hydrogens (primary N) is 2. The number of fused-ring (bicyclic) bond motifs is 1. The normalized spacial score (nSPS) is 12.5. The Bertz CT molecular complexity index is 1080. The molecule has 1 aromatic carbocycles. The third-order valence-electron chi connectivity index (χ3n) is 4.56. The molecule has 2 aromatic heterocycles. The Morgan fingerprint density at radius 2 is 2.04 bits per heavy atom. The molecule has 27 heavy (non-hydrogen) atoms. The number of aryl methyl sites for hydroxylation is 1. The number of benzene rings is 1. The molecule has 1 amide bonds. The monoisotopic (exact) mass is 380 g/mol. The van der Waals surface area contributed by atoms with Gasteiger partial charge in [-0.15, -0.1) is 0 Å². The van der Waals surface area contributed by atoms with E-state index < -0.39 is 5.91 Å². The summed E-state index contributed by atoms with van der Waals surface area (Å²) in [4.78, 5) is 20.6. The Labute approximate surface area is 160 Å². The predicted molar refractivity (Wildman–Crippen MR) is 106 cm³/mol. The van der Waals surface area contributed by atoms with Crippen LogP contribution in [0.4, 0.5) is 11.4 Å². The smallest absolute Gasteiger partial charge is 0.269 e. The highest BCUT2D eigenvalue weighted by Crippen LogP contribution is 2.39. The first-order chi connectivity index (χ1) is 13.0. The largest absolute Gasteiger partial charge is 0.396 e. The van der Waals surface area contributed by atoms with E-state index in [1.54, 1.807) is 18.3 Å². The molecule has 8 heteroatoms. The molecule has 0 spiro atoms. The number of primary amides is 1. The van der Waals surface area contributed by atoms with Crippen LogP contribution in [-0.2, 0) is 6.54 Å². The molecule has 0 unspecified atom stereocenters. The molecule has 4 rings (SSSR count). The Kier molecular flexibility index (Phi) is 4.18. The number of carbonyl (C=O) groups is 1. The van der Waals surface area contributed by atoms with Crippen molar-refractivity contribution in [3.05, 3.63) is 58.4 Å². The number of hydrazine groups is 1. The van der Waals surface area contributed by atoms with Gasteiger partial charge >= 0.3 is 0 Å². The van der Waals surface area contributed by atoms with E-state index in [1.165, 1.54) is 0 Å². The Balaban J connectivity index is 2.02. The summed E-state index contributed by atoms with van der Waals surface area (Å²) in [6.07, 6.45) is 1.58. The number of nitrogen functional groups attached to an aromatic ring is 1. The van der Waals surface area contributed by atoms with Gasteiger partial charge in [0.1, 0.15) is 0 Å². The zero-order valence-electron chi connectivity index (χ0n) is 14.5. The maximum Gasteiger partial charge on any atom is 0.269 e. The summed E-state index contributed by atoms with van der Waals surface area (Å²) in [7, 11) is 0. The maximum absolute atomic E-state index is 12.0. The fourth-order valence-corrected chi connectivity index (χ4v) is 3.45. The van der Waals surface area contributed by atoms with E-state index in [2.05, 4.69) is 20.8 Å². The summed E-state index contributed by atoms with van der Waals surface area (Å²) in [5, 5.41) is 0.519. The number of halogens is 1. The number of nitrogens with one attached hydrogen (secondary N) is 2. The first-order valence-electron chi connectivity index (χ1n) is 8.29. The lowest BCUT2D eigenvalue weighted by Gasteiger charge is -2.16. The van der Waals surface area contributed by atoms with Gasteiger partial charge in [-0.3, -0.25) is 9.78 Å². The highest BCUT2D eigenvalue weighted by Gasteiger charge is 2.23. The first-order valence-corrected chi connectivity index (χ1v) is 8.67. The van der Waals surface area contributed by atoms with Crippen molar-refractivity contribution in [3.63, 3.8) is 0 Å². The van der Waals surface area contributed by atoms with E-state index >= 15 is 0 Å². The van der Waals surface area contributed by atoms with Gasteiger partial charge in [-0.25, -0.2) is 10.4 Å². The summed E-state index contributed by atoms with van der Waals surface area (Å²) < 4.78 is 0. The Morgan fingerprint density at radius 3 is 2.78 bits per heavy atom. The number of nitrogens with zero attached hydrogens (tertiary/aromatic N) is 2. The minimum Gasteiger partial charge on any atom is -0.396 e. The molecule has 0 saturated heterocycles. The average molecular weight is 381 g/mol. The molecule has 0 bridgehead atoms. The van der Waals surface area contributed by atoms with Gasteiger partial charge in [0.25, 0.3) is 5.91 Å². The van der Waals surface area contributed by atoms with Crippen molar-refractivity contribution < 1.29 is 4.79 Å². The van der Waals surface area contributed by atoms with Crippen LogP contribution in [-0.4, -0.2) is 15.9 Å². The van der Waals surface area contributed by atoms with Gasteiger partial charge in [-0.05, 0) is 42.3 Å². The molecule has 0 saturated carbocycles. The van der Waals surface area contributed by atoms with Crippen molar-refractivity contribution in [2.75, 3.05) is 11.2 Å². The molecule has 6 N–H and O–H groups in total. The molecule has 0 atom stereocenters. The van der Waals surface area contributed by atoms with Gasteiger partial charge in [0.2, 0.25) is 0 Å². The number of rotatable bonds is 3. The molecule has 0 radical (unpaired) electrons. The van der Waals surface area contributed by atoms with Crippen LogP contribution in [0.2, 0.25) is 5.02 Å².